The van der Waals surface area contributed by atoms with Gasteiger partial charge in [0.1, 0.15) is 5.82 Å². The normalized spacial score (nSPS) is 17.1. The molecule has 2 rings (SSSR count). The van der Waals surface area contributed by atoms with Gasteiger partial charge in [-0.3, -0.25) is 0 Å². The van der Waals surface area contributed by atoms with Gasteiger partial charge >= 0.3 is 0 Å². The molecule has 4 nitrogen and oxygen atoms in total. The number of piperidine rings is 1. The molecule has 0 aromatic carbocycles. The lowest BCUT2D eigenvalue weighted by Gasteiger charge is -2.32. The molecule has 1 saturated heterocycles. The Bertz CT molecular complexity index is 413. The van der Waals surface area contributed by atoms with E-state index < -0.39 is 0 Å². The summed E-state index contributed by atoms with van der Waals surface area (Å²) in [7, 11) is 4.40. The lowest BCUT2D eigenvalue weighted by atomic mass is 9.96. The molecule has 0 radical (unpaired) electrons. The first kappa shape index (κ1) is 16.2. The summed E-state index contributed by atoms with van der Waals surface area (Å²) in [5.74, 6) is 1.93. The van der Waals surface area contributed by atoms with Gasteiger partial charge in [-0.05, 0) is 57.9 Å². The van der Waals surface area contributed by atoms with Crippen molar-refractivity contribution in [3.8, 4) is 0 Å². The molecule has 1 N–H and O–H groups in total. The van der Waals surface area contributed by atoms with E-state index in [1.165, 1.54) is 37.9 Å². The second kappa shape index (κ2) is 8.35. The Kier molecular flexibility index (Phi) is 6.46. The number of nitrogens with one attached hydrogen (secondary N) is 1. The Labute approximate surface area is 129 Å². The SMILES string of the molecule is CCCNCc1cccnc1N(C)CC1CCN(C)CC1. The molecule has 0 bridgehead atoms. The fourth-order valence-corrected chi connectivity index (χ4v) is 3.03. The predicted molar refractivity (Wildman–Crippen MR) is 89.7 cm³/mol. The zero-order chi connectivity index (χ0) is 15.1. The number of nitrogens with zero attached hydrogens (tertiary/aromatic N) is 3. The van der Waals surface area contributed by atoms with Gasteiger partial charge in [-0.15, -0.1) is 0 Å². The van der Waals surface area contributed by atoms with E-state index in [1.54, 1.807) is 0 Å². The monoisotopic (exact) mass is 290 g/mol. The van der Waals surface area contributed by atoms with Crippen LogP contribution < -0.4 is 10.2 Å². The molecule has 0 saturated carbocycles. The number of likely N-dealkylation sites (tertiary alicyclic amines) is 1. The zero-order valence-electron chi connectivity index (χ0n) is 13.8. The van der Waals surface area contributed by atoms with Gasteiger partial charge < -0.3 is 15.1 Å². The van der Waals surface area contributed by atoms with Crippen LogP contribution in [0.2, 0.25) is 0 Å². The van der Waals surface area contributed by atoms with Crippen LogP contribution in [0.25, 0.3) is 0 Å². The summed E-state index contributed by atoms with van der Waals surface area (Å²) in [6.45, 7) is 7.74. The van der Waals surface area contributed by atoms with E-state index >= 15 is 0 Å². The molecule has 21 heavy (non-hydrogen) atoms. The van der Waals surface area contributed by atoms with Crippen molar-refractivity contribution in [3.63, 3.8) is 0 Å². The summed E-state index contributed by atoms with van der Waals surface area (Å²) in [6.07, 6.45) is 5.68. The molecule has 1 aromatic heterocycles. The smallest absolute Gasteiger partial charge is 0.132 e. The van der Waals surface area contributed by atoms with Crippen molar-refractivity contribution in [2.24, 2.45) is 5.92 Å². The largest absolute Gasteiger partial charge is 0.359 e. The molecule has 1 aromatic rings. The Hall–Kier alpha value is -1.13. The topological polar surface area (TPSA) is 31.4 Å². The molecule has 0 unspecified atom stereocenters. The molecule has 0 spiro atoms. The fourth-order valence-electron chi connectivity index (χ4n) is 3.03. The highest BCUT2D eigenvalue weighted by Crippen LogP contribution is 2.21. The van der Waals surface area contributed by atoms with E-state index in [-0.39, 0.29) is 0 Å². The molecular formula is C17H30N4. The molecule has 0 amide bonds. The maximum Gasteiger partial charge on any atom is 0.132 e. The molecule has 118 valence electrons. The summed E-state index contributed by atoms with van der Waals surface area (Å²) < 4.78 is 0. The van der Waals surface area contributed by atoms with Crippen LogP contribution >= 0.6 is 0 Å². The third-order valence-electron chi connectivity index (χ3n) is 4.34. The summed E-state index contributed by atoms with van der Waals surface area (Å²) in [5.41, 5.74) is 1.31. The predicted octanol–water partition coefficient (Wildman–Crippen LogP) is 2.36. The summed E-state index contributed by atoms with van der Waals surface area (Å²) in [6, 6.07) is 4.23. The summed E-state index contributed by atoms with van der Waals surface area (Å²) >= 11 is 0. The first-order valence-electron chi connectivity index (χ1n) is 8.25. The van der Waals surface area contributed by atoms with E-state index in [4.69, 9.17) is 0 Å². The van der Waals surface area contributed by atoms with Gasteiger partial charge in [-0.25, -0.2) is 4.98 Å². The van der Waals surface area contributed by atoms with Gasteiger partial charge in [0.25, 0.3) is 0 Å². The average Bonchev–Trinajstić information content (AvgIpc) is 2.50. The minimum atomic E-state index is 0.796. The quantitative estimate of drug-likeness (QED) is 0.781. The number of pyridine rings is 1. The van der Waals surface area contributed by atoms with Crippen LogP contribution in [0.1, 0.15) is 31.7 Å². The number of hydrogen-bond donors (Lipinski definition) is 1. The molecule has 2 heterocycles. The minimum Gasteiger partial charge on any atom is -0.359 e. The Morgan fingerprint density at radius 3 is 2.86 bits per heavy atom. The standard InChI is InChI=1S/C17H30N4/c1-4-9-18-13-16-6-5-10-19-17(16)21(3)14-15-7-11-20(2)12-8-15/h5-6,10,15,18H,4,7-9,11-14H2,1-3H3. The maximum absolute atomic E-state index is 4.61. The lowest BCUT2D eigenvalue weighted by Crippen LogP contribution is -2.36. The van der Waals surface area contributed by atoms with Gasteiger partial charge in [-0.1, -0.05) is 13.0 Å². The lowest BCUT2D eigenvalue weighted by molar-refractivity contribution is 0.222. The Morgan fingerprint density at radius 2 is 2.14 bits per heavy atom. The van der Waals surface area contributed by atoms with Crippen molar-refractivity contribution in [2.45, 2.75) is 32.7 Å². The third-order valence-corrected chi connectivity index (χ3v) is 4.34. The first-order valence-corrected chi connectivity index (χ1v) is 8.25. The molecule has 1 aliphatic rings. The number of anilines is 1. The highest BCUT2D eigenvalue weighted by molar-refractivity contribution is 5.46. The van der Waals surface area contributed by atoms with Crippen LogP contribution in [0.5, 0.6) is 0 Å². The number of hydrogen-bond acceptors (Lipinski definition) is 4. The van der Waals surface area contributed by atoms with Gasteiger partial charge in [0.15, 0.2) is 0 Å². The van der Waals surface area contributed by atoms with Crippen molar-refractivity contribution in [1.82, 2.24) is 15.2 Å². The van der Waals surface area contributed by atoms with Crippen LogP contribution in [0.15, 0.2) is 18.3 Å². The van der Waals surface area contributed by atoms with Gasteiger partial charge in [-0.2, -0.15) is 0 Å². The van der Waals surface area contributed by atoms with Crippen LogP contribution in [0, 0.1) is 5.92 Å². The molecule has 0 atom stereocenters. The molecule has 1 fully saturated rings. The Morgan fingerprint density at radius 1 is 1.38 bits per heavy atom. The maximum atomic E-state index is 4.61. The third kappa shape index (κ3) is 4.97. The second-order valence-electron chi connectivity index (χ2n) is 6.29. The summed E-state index contributed by atoms with van der Waals surface area (Å²) in [5, 5.41) is 3.48. The van der Waals surface area contributed by atoms with Crippen LogP contribution in [0.4, 0.5) is 5.82 Å². The van der Waals surface area contributed by atoms with Crippen molar-refractivity contribution in [1.29, 1.82) is 0 Å². The van der Waals surface area contributed by atoms with Crippen molar-refractivity contribution in [3.05, 3.63) is 23.9 Å². The van der Waals surface area contributed by atoms with Crippen LogP contribution in [0.3, 0.4) is 0 Å². The van der Waals surface area contributed by atoms with Crippen molar-refractivity contribution >= 4 is 5.82 Å². The van der Waals surface area contributed by atoms with Gasteiger partial charge in [0.2, 0.25) is 0 Å². The van der Waals surface area contributed by atoms with Crippen LogP contribution in [-0.2, 0) is 6.54 Å². The highest BCUT2D eigenvalue weighted by Gasteiger charge is 2.19. The van der Waals surface area contributed by atoms with E-state index in [9.17, 15) is 0 Å². The molecular weight excluding hydrogens is 260 g/mol. The fraction of sp³-hybridized carbons (Fsp3) is 0.706. The van der Waals surface area contributed by atoms with E-state index in [0.29, 0.717) is 0 Å². The van der Waals surface area contributed by atoms with Gasteiger partial charge in [0, 0.05) is 31.9 Å². The van der Waals surface area contributed by atoms with E-state index in [1.807, 2.05) is 12.3 Å². The average molecular weight is 290 g/mol. The van der Waals surface area contributed by atoms with E-state index in [2.05, 4.69) is 47.2 Å². The number of rotatable bonds is 7. The molecule has 0 aliphatic carbocycles. The highest BCUT2D eigenvalue weighted by atomic mass is 15.2. The summed E-state index contributed by atoms with van der Waals surface area (Å²) in [4.78, 5) is 9.39. The molecule has 1 aliphatic heterocycles. The molecule has 4 heteroatoms. The van der Waals surface area contributed by atoms with Crippen LogP contribution in [-0.4, -0.2) is 50.2 Å². The van der Waals surface area contributed by atoms with Crippen molar-refractivity contribution < 1.29 is 0 Å². The number of aromatic nitrogens is 1. The zero-order valence-corrected chi connectivity index (χ0v) is 13.8. The first-order chi connectivity index (χ1) is 10.2. The van der Waals surface area contributed by atoms with Gasteiger partial charge in [0.05, 0.1) is 0 Å². The van der Waals surface area contributed by atoms with E-state index in [0.717, 1.165) is 31.4 Å². The second-order valence-corrected chi connectivity index (χ2v) is 6.29. The Balaban J connectivity index is 1.93. The van der Waals surface area contributed by atoms with Crippen molar-refractivity contribution in [2.75, 3.05) is 45.2 Å². The minimum absolute atomic E-state index is 0.796.